The third kappa shape index (κ3) is 3.70. The molecule has 0 fully saturated rings. The second-order valence-corrected chi connectivity index (χ2v) is 5.79. The van der Waals surface area contributed by atoms with E-state index in [9.17, 15) is 8.78 Å². The van der Waals surface area contributed by atoms with E-state index in [-0.39, 0.29) is 0 Å². The van der Waals surface area contributed by atoms with Gasteiger partial charge in [0.25, 0.3) is 0 Å². The second kappa shape index (κ2) is 6.39. The molecule has 0 bridgehead atoms. The van der Waals surface area contributed by atoms with Crippen molar-refractivity contribution in [1.82, 2.24) is 0 Å². The summed E-state index contributed by atoms with van der Waals surface area (Å²) in [6.45, 7) is 0. The molecule has 0 atom stereocenters. The predicted molar refractivity (Wildman–Crippen MR) is 76.6 cm³/mol. The summed E-state index contributed by atoms with van der Waals surface area (Å²) in [5.74, 6) is -0.262. The van der Waals surface area contributed by atoms with Crippen LogP contribution in [0.5, 0.6) is 5.75 Å². The van der Waals surface area contributed by atoms with Crippen LogP contribution in [0.15, 0.2) is 45.8 Å². The molecule has 0 spiro atoms. The smallest absolute Gasteiger partial charge is 0.159 e. The van der Waals surface area contributed by atoms with E-state index in [0.717, 1.165) is 21.9 Å². The summed E-state index contributed by atoms with van der Waals surface area (Å²) in [6.07, 6.45) is 0. The number of rotatable bonds is 4. The third-order valence-electron chi connectivity index (χ3n) is 2.53. The first-order chi connectivity index (χ1) is 9.10. The molecule has 2 rings (SSSR count). The van der Waals surface area contributed by atoms with Crippen LogP contribution in [-0.4, -0.2) is 7.11 Å². The van der Waals surface area contributed by atoms with Crippen molar-refractivity contribution >= 4 is 27.7 Å². The van der Waals surface area contributed by atoms with Gasteiger partial charge in [-0.05, 0) is 36.4 Å². The zero-order valence-corrected chi connectivity index (χ0v) is 12.5. The Hall–Kier alpha value is -1.07. The van der Waals surface area contributed by atoms with E-state index in [1.54, 1.807) is 13.2 Å². The van der Waals surface area contributed by atoms with Gasteiger partial charge in [-0.2, -0.15) is 0 Å². The van der Waals surface area contributed by atoms with E-state index in [4.69, 9.17) is 4.74 Å². The molecule has 19 heavy (non-hydrogen) atoms. The highest BCUT2D eigenvalue weighted by Gasteiger charge is 2.07. The minimum atomic E-state index is -0.829. The van der Waals surface area contributed by atoms with Crippen molar-refractivity contribution in [2.75, 3.05) is 7.11 Å². The van der Waals surface area contributed by atoms with E-state index in [1.807, 2.05) is 18.2 Å². The molecule has 0 aromatic heterocycles. The number of benzene rings is 2. The van der Waals surface area contributed by atoms with E-state index < -0.39 is 11.6 Å². The van der Waals surface area contributed by atoms with Crippen molar-refractivity contribution in [3.05, 3.63) is 58.1 Å². The molecule has 0 N–H and O–H groups in total. The van der Waals surface area contributed by atoms with Gasteiger partial charge in [-0.25, -0.2) is 8.78 Å². The van der Waals surface area contributed by atoms with Gasteiger partial charge >= 0.3 is 0 Å². The summed E-state index contributed by atoms with van der Waals surface area (Å²) in [5.41, 5.74) is 0.992. The molecule has 2 aromatic carbocycles. The van der Waals surface area contributed by atoms with Crippen molar-refractivity contribution < 1.29 is 13.5 Å². The lowest BCUT2D eigenvalue weighted by Gasteiger charge is -2.09. The zero-order valence-electron chi connectivity index (χ0n) is 10.1. The van der Waals surface area contributed by atoms with E-state index in [1.165, 1.54) is 17.8 Å². The fourth-order valence-electron chi connectivity index (χ4n) is 1.59. The van der Waals surface area contributed by atoms with Crippen LogP contribution in [0.25, 0.3) is 0 Å². The molecule has 1 nitrogen and oxygen atoms in total. The molecule has 0 saturated carbocycles. The standard InChI is InChI=1S/C14H11BrF2OS/c1-18-14-5-2-10(15)6-9(14)8-19-11-3-4-12(16)13(17)7-11/h2-7H,8H2,1H3. The van der Waals surface area contributed by atoms with Gasteiger partial charge in [0.2, 0.25) is 0 Å². The average Bonchev–Trinajstić information content (AvgIpc) is 2.40. The molecular formula is C14H11BrF2OS. The first-order valence-corrected chi connectivity index (χ1v) is 7.28. The number of halogens is 3. The quantitative estimate of drug-likeness (QED) is 0.719. The fourth-order valence-corrected chi connectivity index (χ4v) is 2.90. The number of ether oxygens (including phenoxy) is 1. The Bertz CT molecular complexity index is 590. The maximum atomic E-state index is 13.1. The SMILES string of the molecule is COc1ccc(Br)cc1CSc1ccc(F)c(F)c1. The molecule has 100 valence electrons. The van der Waals surface area contributed by atoms with Crippen LogP contribution in [0.4, 0.5) is 8.78 Å². The van der Waals surface area contributed by atoms with Crippen LogP contribution in [0.3, 0.4) is 0 Å². The van der Waals surface area contributed by atoms with Crippen molar-refractivity contribution in [3.8, 4) is 5.75 Å². The molecule has 5 heteroatoms. The second-order valence-electron chi connectivity index (χ2n) is 3.82. The lowest BCUT2D eigenvalue weighted by atomic mass is 10.2. The summed E-state index contributed by atoms with van der Waals surface area (Å²) in [7, 11) is 1.61. The van der Waals surface area contributed by atoms with Crippen LogP contribution in [0.1, 0.15) is 5.56 Å². The minimum Gasteiger partial charge on any atom is -0.496 e. The predicted octanol–water partition coefficient (Wildman–Crippen LogP) is 5.03. The maximum Gasteiger partial charge on any atom is 0.159 e. The molecule has 0 radical (unpaired) electrons. The summed E-state index contributed by atoms with van der Waals surface area (Å²) in [6, 6.07) is 9.61. The Kier molecular flexibility index (Phi) is 4.82. The van der Waals surface area contributed by atoms with Gasteiger partial charge in [-0.1, -0.05) is 15.9 Å². The summed E-state index contributed by atoms with van der Waals surface area (Å²) in [5, 5.41) is 0. The van der Waals surface area contributed by atoms with Gasteiger partial charge in [0.05, 0.1) is 7.11 Å². The molecule has 2 aromatic rings. The molecule has 0 aliphatic carbocycles. The Morgan fingerprint density at radius 1 is 1.11 bits per heavy atom. The number of thioether (sulfide) groups is 1. The zero-order chi connectivity index (χ0) is 13.8. The normalized spacial score (nSPS) is 10.5. The van der Waals surface area contributed by atoms with Crippen molar-refractivity contribution in [2.24, 2.45) is 0 Å². The van der Waals surface area contributed by atoms with Gasteiger partial charge in [-0.15, -0.1) is 11.8 Å². The largest absolute Gasteiger partial charge is 0.496 e. The van der Waals surface area contributed by atoms with Crippen LogP contribution in [0.2, 0.25) is 0 Å². The average molecular weight is 345 g/mol. The molecule has 0 unspecified atom stereocenters. The minimum absolute atomic E-state index is 0.619. The van der Waals surface area contributed by atoms with Gasteiger partial charge in [0.1, 0.15) is 5.75 Å². The van der Waals surface area contributed by atoms with E-state index in [0.29, 0.717) is 10.6 Å². The molecule has 0 heterocycles. The highest BCUT2D eigenvalue weighted by Crippen LogP contribution is 2.30. The molecule has 0 amide bonds. The highest BCUT2D eigenvalue weighted by atomic mass is 79.9. The van der Waals surface area contributed by atoms with Crippen molar-refractivity contribution in [1.29, 1.82) is 0 Å². The third-order valence-corrected chi connectivity index (χ3v) is 4.06. The Labute approximate surface area is 123 Å². The van der Waals surface area contributed by atoms with Crippen LogP contribution in [0, 0.1) is 11.6 Å². The summed E-state index contributed by atoms with van der Waals surface area (Å²) in [4.78, 5) is 0.681. The number of methoxy groups -OCH3 is 1. The highest BCUT2D eigenvalue weighted by molar-refractivity contribution is 9.10. The Morgan fingerprint density at radius 3 is 2.58 bits per heavy atom. The molecule has 0 saturated heterocycles. The summed E-state index contributed by atoms with van der Waals surface area (Å²) >= 11 is 4.83. The number of hydrogen-bond acceptors (Lipinski definition) is 2. The van der Waals surface area contributed by atoms with E-state index >= 15 is 0 Å². The topological polar surface area (TPSA) is 9.23 Å². The van der Waals surface area contributed by atoms with Crippen LogP contribution in [-0.2, 0) is 5.75 Å². The monoisotopic (exact) mass is 344 g/mol. The summed E-state index contributed by atoms with van der Waals surface area (Å²) < 4.78 is 32.1. The maximum absolute atomic E-state index is 13.1. The van der Waals surface area contributed by atoms with E-state index in [2.05, 4.69) is 15.9 Å². The first-order valence-electron chi connectivity index (χ1n) is 5.50. The van der Waals surface area contributed by atoms with Gasteiger partial charge in [0, 0.05) is 20.7 Å². The van der Waals surface area contributed by atoms with Crippen LogP contribution >= 0.6 is 27.7 Å². The Balaban J connectivity index is 2.13. The van der Waals surface area contributed by atoms with Crippen LogP contribution < -0.4 is 4.74 Å². The fraction of sp³-hybridized carbons (Fsp3) is 0.143. The molecular weight excluding hydrogens is 334 g/mol. The van der Waals surface area contributed by atoms with Gasteiger partial charge in [0.15, 0.2) is 11.6 Å². The lowest BCUT2D eigenvalue weighted by molar-refractivity contribution is 0.411. The van der Waals surface area contributed by atoms with Crippen molar-refractivity contribution in [3.63, 3.8) is 0 Å². The number of hydrogen-bond donors (Lipinski definition) is 0. The first kappa shape index (κ1) is 14.3. The van der Waals surface area contributed by atoms with Gasteiger partial charge < -0.3 is 4.74 Å². The molecule has 0 aliphatic heterocycles. The Morgan fingerprint density at radius 2 is 1.89 bits per heavy atom. The van der Waals surface area contributed by atoms with Crippen molar-refractivity contribution in [2.45, 2.75) is 10.6 Å². The van der Waals surface area contributed by atoms with Gasteiger partial charge in [-0.3, -0.25) is 0 Å². The molecule has 0 aliphatic rings. The lowest BCUT2D eigenvalue weighted by Crippen LogP contribution is -1.91.